The number of likely N-dealkylation sites (tertiary alicyclic amines) is 1. The molecule has 1 unspecified atom stereocenters. The molecule has 158 valence electrons. The van der Waals surface area contributed by atoms with Crippen LogP contribution in [0.2, 0.25) is 0 Å². The molecule has 0 aromatic carbocycles. The fraction of sp³-hybridized carbons (Fsp3) is 0.619. The molecule has 3 atom stereocenters. The number of fused-ring (bicyclic) bond motifs is 1. The smallest absolute Gasteiger partial charge is 0.249 e. The van der Waals surface area contributed by atoms with Gasteiger partial charge in [-0.05, 0) is 66.8 Å². The van der Waals surface area contributed by atoms with Gasteiger partial charge in [-0.1, -0.05) is 6.07 Å². The van der Waals surface area contributed by atoms with Crippen molar-refractivity contribution < 1.29 is 14.0 Å². The maximum Gasteiger partial charge on any atom is 0.249 e. The largest absolute Gasteiger partial charge is 0.341 e. The monoisotopic (exact) mass is 523 g/mol. The normalized spacial score (nSPS) is 31.7. The van der Waals surface area contributed by atoms with E-state index in [-0.39, 0.29) is 23.1 Å². The quantitative estimate of drug-likeness (QED) is 0.493. The molecule has 2 amide bonds. The molecule has 0 radical (unpaired) electrons. The second-order valence-electron chi connectivity index (χ2n) is 9.57. The van der Waals surface area contributed by atoms with E-state index in [4.69, 9.17) is 0 Å². The van der Waals surface area contributed by atoms with Crippen LogP contribution in [0.15, 0.2) is 18.2 Å². The van der Waals surface area contributed by atoms with Gasteiger partial charge in [-0.15, -0.1) is 5.10 Å². The van der Waals surface area contributed by atoms with Gasteiger partial charge in [0.25, 0.3) is 0 Å². The first-order chi connectivity index (χ1) is 14.3. The summed E-state index contributed by atoms with van der Waals surface area (Å²) in [6.45, 7) is 1.48. The summed E-state index contributed by atoms with van der Waals surface area (Å²) < 4.78 is 14.4. The van der Waals surface area contributed by atoms with Crippen LogP contribution in [-0.4, -0.2) is 48.1 Å². The minimum absolute atomic E-state index is 0.00552. The number of halogens is 2. The number of carbonyl (C=O) groups is 2. The highest BCUT2D eigenvalue weighted by molar-refractivity contribution is 14.1. The number of pyridine rings is 1. The molecule has 4 aliphatic rings. The Hall–Kier alpha value is -1.78. The van der Waals surface area contributed by atoms with Crippen molar-refractivity contribution in [2.45, 2.75) is 48.1 Å². The Morgan fingerprint density at radius 2 is 1.97 bits per heavy atom. The predicted octanol–water partition coefficient (Wildman–Crippen LogP) is 3.29. The van der Waals surface area contributed by atoms with Crippen molar-refractivity contribution in [1.82, 2.24) is 19.5 Å². The zero-order valence-corrected chi connectivity index (χ0v) is 18.6. The lowest BCUT2D eigenvalue weighted by atomic mass is 9.77. The van der Waals surface area contributed by atoms with E-state index in [0.29, 0.717) is 18.3 Å². The highest BCUT2D eigenvalue weighted by Crippen LogP contribution is 2.57. The first-order valence-electron chi connectivity index (χ1n) is 10.7. The van der Waals surface area contributed by atoms with Crippen LogP contribution >= 0.6 is 22.6 Å². The Bertz CT molecular complexity index is 1060. The number of nitrogens with zero attached hydrogens (tertiary/aromatic N) is 4. The summed E-state index contributed by atoms with van der Waals surface area (Å²) in [5.41, 5.74) is 1.98. The van der Waals surface area contributed by atoms with Crippen LogP contribution in [-0.2, 0) is 9.59 Å². The highest BCUT2D eigenvalue weighted by Gasteiger charge is 2.61. The van der Waals surface area contributed by atoms with Crippen molar-refractivity contribution in [3.63, 3.8) is 0 Å². The van der Waals surface area contributed by atoms with Gasteiger partial charge in [0.05, 0.1) is 5.92 Å². The Morgan fingerprint density at radius 1 is 1.20 bits per heavy atom. The van der Waals surface area contributed by atoms with E-state index < -0.39 is 9.59 Å². The van der Waals surface area contributed by atoms with Crippen LogP contribution < -0.4 is 5.32 Å². The molecule has 1 saturated heterocycles. The minimum atomic E-state index is -1.33. The number of hydrogen-bond acceptors (Lipinski definition) is 4. The molecule has 2 aromatic rings. The lowest BCUT2D eigenvalue weighted by Crippen LogP contribution is -2.58. The van der Waals surface area contributed by atoms with E-state index in [2.05, 4.69) is 21.5 Å². The van der Waals surface area contributed by atoms with Crippen molar-refractivity contribution in [3.05, 3.63) is 23.9 Å². The average molecular weight is 523 g/mol. The molecular formula is C21H23FIN5O2. The third-order valence-electron chi connectivity index (χ3n) is 7.18. The Labute approximate surface area is 186 Å². The van der Waals surface area contributed by atoms with Gasteiger partial charge in [-0.25, -0.2) is 8.91 Å². The van der Waals surface area contributed by atoms with Crippen LogP contribution in [0.25, 0.3) is 5.65 Å². The van der Waals surface area contributed by atoms with E-state index >= 15 is 0 Å². The molecule has 9 heteroatoms. The first-order valence-corrected chi connectivity index (χ1v) is 11.7. The summed E-state index contributed by atoms with van der Waals surface area (Å²) in [6.07, 6.45) is 5.33. The molecule has 6 rings (SSSR count). The van der Waals surface area contributed by atoms with Crippen LogP contribution in [0.4, 0.5) is 10.3 Å². The number of rotatable bonds is 4. The fourth-order valence-electron chi connectivity index (χ4n) is 5.21. The SMILES string of the molecule is O=C(Nc1nc2cccc([C@@H]3CCC4(C3)CN(C(=O)[C@@H]3CC3(F)I)C4)n2n1)C1CC1. The zero-order valence-electron chi connectivity index (χ0n) is 16.5. The Balaban J connectivity index is 1.16. The molecule has 30 heavy (non-hydrogen) atoms. The maximum absolute atomic E-state index is 13.9. The van der Waals surface area contributed by atoms with Crippen LogP contribution in [0.1, 0.15) is 50.1 Å². The maximum atomic E-state index is 13.9. The first kappa shape index (κ1) is 18.9. The molecule has 1 aliphatic heterocycles. The molecule has 7 nitrogen and oxygen atoms in total. The van der Waals surface area contributed by atoms with Gasteiger partial charge < -0.3 is 4.90 Å². The number of amides is 2. The molecule has 3 heterocycles. The van der Waals surface area contributed by atoms with Crippen molar-refractivity contribution in [2.75, 3.05) is 18.4 Å². The summed E-state index contributed by atoms with van der Waals surface area (Å²) >= 11 is 1.76. The highest BCUT2D eigenvalue weighted by atomic mass is 127. The molecule has 2 aromatic heterocycles. The van der Waals surface area contributed by atoms with Gasteiger partial charge in [0, 0.05) is 42.5 Å². The van der Waals surface area contributed by atoms with Gasteiger partial charge in [-0.3, -0.25) is 14.9 Å². The molecule has 1 spiro atoms. The zero-order chi connectivity index (χ0) is 20.7. The molecule has 0 bridgehead atoms. The summed E-state index contributed by atoms with van der Waals surface area (Å²) in [5, 5.41) is 7.39. The number of alkyl halides is 2. The van der Waals surface area contributed by atoms with Crippen molar-refractivity contribution in [2.24, 2.45) is 17.3 Å². The number of carbonyl (C=O) groups excluding carboxylic acids is 2. The van der Waals surface area contributed by atoms with Crippen molar-refractivity contribution in [1.29, 1.82) is 0 Å². The summed E-state index contributed by atoms with van der Waals surface area (Å²) in [4.78, 5) is 30.8. The predicted molar refractivity (Wildman–Crippen MR) is 116 cm³/mol. The second kappa shape index (κ2) is 6.37. The summed E-state index contributed by atoms with van der Waals surface area (Å²) in [5.74, 6) is 0.360. The number of hydrogen-bond donors (Lipinski definition) is 1. The van der Waals surface area contributed by atoms with Crippen LogP contribution in [0.5, 0.6) is 0 Å². The Morgan fingerprint density at radius 3 is 2.67 bits per heavy atom. The van der Waals surface area contributed by atoms with E-state index in [1.807, 2.05) is 21.5 Å². The van der Waals surface area contributed by atoms with Crippen molar-refractivity contribution >= 4 is 46.0 Å². The van der Waals surface area contributed by atoms with E-state index in [1.165, 1.54) is 0 Å². The van der Waals surface area contributed by atoms with E-state index in [0.717, 1.165) is 56.5 Å². The summed E-state index contributed by atoms with van der Waals surface area (Å²) in [6, 6.07) is 5.97. The van der Waals surface area contributed by atoms with Gasteiger partial charge in [-0.2, -0.15) is 4.98 Å². The average Bonchev–Trinajstić information content (AvgIpc) is 3.53. The second-order valence-corrected chi connectivity index (χ2v) is 11.4. The fourth-order valence-corrected chi connectivity index (χ4v) is 5.92. The Kier molecular flexibility index (Phi) is 4.02. The van der Waals surface area contributed by atoms with Gasteiger partial charge in [0.1, 0.15) is 0 Å². The number of aromatic nitrogens is 3. The lowest BCUT2D eigenvalue weighted by molar-refractivity contribution is -0.145. The van der Waals surface area contributed by atoms with Gasteiger partial charge in [0.2, 0.25) is 17.8 Å². The van der Waals surface area contributed by atoms with E-state index in [9.17, 15) is 14.0 Å². The summed E-state index contributed by atoms with van der Waals surface area (Å²) in [7, 11) is 0. The molecule has 3 aliphatic carbocycles. The molecule has 3 saturated carbocycles. The third-order valence-corrected chi connectivity index (χ3v) is 8.37. The molecule has 1 N–H and O–H groups in total. The standard InChI is InChI=1S/C21H23FIN5O2/c22-21(23)9-14(21)18(30)27-10-20(11-27)7-6-13(8-20)15-2-1-3-16-24-19(26-28(15)16)25-17(29)12-4-5-12/h1-3,12-14H,4-11H2,(H,25,26,29)/t13-,14+,21?/m1/s1. The van der Waals surface area contributed by atoms with E-state index in [1.54, 1.807) is 22.6 Å². The van der Waals surface area contributed by atoms with Gasteiger partial charge in [0.15, 0.2) is 9.32 Å². The lowest BCUT2D eigenvalue weighted by Gasteiger charge is -2.48. The van der Waals surface area contributed by atoms with Crippen LogP contribution in [0, 0.1) is 17.3 Å². The van der Waals surface area contributed by atoms with Crippen LogP contribution in [0.3, 0.4) is 0 Å². The minimum Gasteiger partial charge on any atom is -0.341 e. The topological polar surface area (TPSA) is 79.6 Å². The molecular weight excluding hydrogens is 500 g/mol. The van der Waals surface area contributed by atoms with Gasteiger partial charge >= 0.3 is 0 Å². The molecule has 4 fully saturated rings. The number of nitrogens with one attached hydrogen (secondary N) is 1. The third kappa shape index (κ3) is 3.11. The van der Waals surface area contributed by atoms with Crippen molar-refractivity contribution in [3.8, 4) is 0 Å². The number of anilines is 1.